The van der Waals surface area contributed by atoms with E-state index in [0.717, 1.165) is 11.0 Å². The summed E-state index contributed by atoms with van der Waals surface area (Å²) in [6.07, 6.45) is 1.60. The summed E-state index contributed by atoms with van der Waals surface area (Å²) < 4.78 is 5.09. The second kappa shape index (κ2) is 2.14. The zero-order chi connectivity index (χ0) is 7.68. The standard InChI is InChI=1S/C9H4NO/c10-6-7-1-2-8-3-4-11-9(8)5-7/h2-5H. The first-order chi connectivity index (χ1) is 5.40. The second-order valence-electron chi connectivity index (χ2n) is 2.20. The van der Waals surface area contributed by atoms with Gasteiger partial charge in [0.15, 0.2) is 0 Å². The van der Waals surface area contributed by atoms with Crippen LogP contribution in [0.3, 0.4) is 0 Å². The zero-order valence-corrected chi connectivity index (χ0v) is 5.66. The average Bonchev–Trinajstić information content (AvgIpc) is 2.50. The number of nitrogens with zero attached hydrogens (tertiary/aromatic N) is 1. The van der Waals surface area contributed by atoms with E-state index in [1.54, 1.807) is 18.4 Å². The smallest absolute Gasteiger partial charge is 0.135 e. The quantitative estimate of drug-likeness (QED) is 0.564. The van der Waals surface area contributed by atoms with E-state index < -0.39 is 0 Å². The van der Waals surface area contributed by atoms with Crippen LogP contribution < -0.4 is 0 Å². The summed E-state index contributed by atoms with van der Waals surface area (Å²) in [7, 11) is 0. The molecule has 0 aliphatic rings. The van der Waals surface area contributed by atoms with Crippen molar-refractivity contribution in [2.45, 2.75) is 0 Å². The Morgan fingerprint density at radius 2 is 2.45 bits per heavy atom. The molecule has 0 fully saturated rings. The van der Waals surface area contributed by atoms with Gasteiger partial charge in [0.05, 0.1) is 17.9 Å². The number of rotatable bonds is 0. The predicted octanol–water partition coefficient (Wildman–Crippen LogP) is 2.10. The van der Waals surface area contributed by atoms with Crippen LogP contribution in [0.5, 0.6) is 0 Å². The Labute approximate surface area is 63.7 Å². The third-order valence-electron chi connectivity index (χ3n) is 1.51. The van der Waals surface area contributed by atoms with E-state index in [2.05, 4.69) is 6.07 Å². The van der Waals surface area contributed by atoms with Gasteiger partial charge in [-0.3, -0.25) is 0 Å². The Kier molecular flexibility index (Phi) is 1.16. The Morgan fingerprint density at radius 3 is 3.27 bits per heavy atom. The Balaban J connectivity index is 2.79. The van der Waals surface area contributed by atoms with Gasteiger partial charge in [-0.15, -0.1) is 0 Å². The molecule has 0 aliphatic carbocycles. The van der Waals surface area contributed by atoms with Crippen LogP contribution in [0.1, 0.15) is 5.56 Å². The number of fused-ring (bicyclic) bond motifs is 1. The van der Waals surface area contributed by atoms with E-state index >= 15 is 0 Å². The molecule has 11 heavy (non-hydrogen) atoms. The summed E-state index contributed by atoms with van der Waals surface area (Å²) in [4.78, 5) is 0. The summed E-state index contributed by atoms with van der Waals surface area (Å²) in [5, 5.41) is 9.49. The molecule has 2 aromatic rings. The normalized spacial score (nSPS) is 9.73. The minimum atomic E-state index is 0.507. The Bertz CT molecular complexity index is 422. The van der Waals surface area contributed by atoms with Crippen molar-refractivity contribution in [1.29, 1.82) is 5.26 Å². The first-order valence-electron chi connectivity index (χ1n) is 3.19. The van der Waals surface area contributed by atoms with E-state index in [0.29, 0.717) is 5.56 Å². The monoisotopic (exact) mass is 142 g/mol. The van der Waals surface area contributed by atoms with Crippen LogP contribution in [0, 0.1) is 17.4 Å². The fourth-order valence-electron chi connectivity index (χ4n) is 0.960. The molecule has 0 atom stereocenters. The number of nitriles is 1. The van der Waals surface area contributed by atoms with Crippen LogP contribution in [0.25, 0.3) is 11.0 Å². The van der Waals surface area contributed by atoms with Gasteiger partial charge in [-0.05, 0) is 18.2 Å². The molecule has 0 aliphatic heterocycles. The minimum Gasteiger partial charge on any atom is -0.464 e. The lowest BCUT2D eigenvalue weighted by atomic mass is 10.2. The third kappa shape index (κ3) is 0.870. The highest BCUT2D eigenvalue weighted by Crippen LogP contribution is 2.15. The molecule has 1 radical (unpaired) electrons. The zero-order valence-electron chi connectivity index (χ0n) is 5.66. The van der Waals surface area contributed by atoms with Crippen molar-refractivity contribution in [2.75, 3.05) is 0 Å². The van der Waals surface area contributed by atoms with Crippen molar-refractivity contribution >= 4 is 11.0 Å². The van der Waals surface area contributed by atoms with Gasteiger partial charge < -0.3 is 4.42 Å². The van der Waals surface area contributed by atoms with Crippen molar-refractivity contribution in [1.82, 2.24) is 0 Å². The Morgan fingerprint density at radius 1 is 1.55 bits per heavy atom. The van der Waals surface area contributed by atoms with E-state index in [-0.39, 0.29) is 0 Å². The number of hydrogen-bond donors (Lipinski definition) is 0. The number of benzene rings is 1. The second-order valence-corrected chi connectivity index (χ2v) is 2.20. The van der Waals surface area contributed by atoms with E-state index in [1.807, 2.05) is 12.1 Å². The van der Waals surface area contributed by atoms with Gasteiger partial charge in [0.2, 0.25) is 0 Å². The molecule has 0 spiro atoms. The summed E-state index contributed by atoms with van der Waals surface area (Å²) in [6.45, 7) is 0. The molecule has 0 saturated heterocycles. The molecular formula is C9H4NO. The largest absolute Gasteiger partial charge is 0.464 e. The summed E-state index contributed by atoms with van der Waals surface area (Å²) >= 11 is 0. The van der Waals surface area contributed by atoms with Crippen LogP contribution in [0.15, 0.2) is 28.9 Å². The molecule has 2 rings (SSSR count). The van der Waals surface area contributed by atoms with Crippen molar-refractivity contribution in [3.8, 4) is 6.07 Å². The van der Waals surface area contributed by atoms with Crippen molar-refractivity contribution in [3.63, 3.8) is 0 Å². The molecule has 0 bridgehead atoms. The third-order valence-corrected chi connectivity index (χ3v) is 1.51. The van der Waals surface area contributed by atoms with Crippen LogP contribution in [-0.4, -0.2) is 0 Å². The molecule has 0 unspecified atom stereocenters. The van der Waals surface area contributed by atoms with Crippen LogP contribution in [0.4, 0.5) is 0 Å². The van der Waals surface area contributed by atoms with Gasteiger partial charge in [0, 0.05) is 11.5 Å². The molecule has 0 N–H and O–H groups in total. The predicted molar refractivity (Wildman–Crippen MR) is 39.8 cm³/mol. The minimum absolute atomic E-state index is 0.507. The van der Waals surface area contributed by atoms with Gasteiger partial charge >= 0.3 is 0 Å². The molecule has 1 heterocycles. The van der Waals surface area contributed by atoms with Gasteiger partial charge in [-0.2, -0.15) is 5.26 Å². The fraction of sp³-hybridized carbons (Fsp3) is 0. The number of furan rings is 1. The molecule has 2 heteroatoms. The van der Waals surface area contributed by atoms with E-state index in [4.69, 9.17) is 9.68 Å². The van der Waals surface area contributed by atoms with Gasteiger partial charge in [-0.1, -0.05) is 0 Å². The SMILES string of the molecule is N#Cc1[c]cc2ccoc2c1. The number of hydrogen-bond acceptors (Lipinski definition) is 2. The van der Waals surface area contributed by atoms with Gasteiger partial charge in [0.25, 0.3) is 0 Å². The highest BCUT2D eigenvalue weighted by Gasteiger charge is 1.96. The maximum Gasteiger partial charge on any atom is 0.135 e. The molecule has 1 aromatic carbocycles. The highest BCUT2D eigenvalue weighted by molar-refractivity contribution is 5.78. The first kappa shape index (κ1) is 5.99. The molecule has 0 saturated carbocycles. The average molecular weight is 142 g/mol. The maximum atomic E-state index is 8.51. The van der Waals surface area contributed by atoms with Crippen LogP contribution in [0.2, 0.25) is 0 Å². The van der Waals surface area contributed by atoms with Crippen molar-refractivity contribution in [2.24, 2.45) is 0 Å². The van der Waals surface area contributed by atoms with Crippen molar-refractivity contribution < 1.29 is 4.42 Å². The van der Waals surface area contributed by atoms with Crippen LogP contribution >= 0.6 is 0 Å². The summed E-state index contributed by atoms with van der Waals surface area (Å²) in [5.74, 6) is 0. The van der Waals surface area contributed by atoms with E-state index in [1.165, 1.54) is 0 Å². The Hall–Kier alpha value is -1.75. The lowest BCUT2D eigenvalue weighted by molar-refractivity contribution is 0.616. The molecule has 51 valence electrons. The summed E-state index contributed by atoms with van der Waals surface area (Å²) in [5.41, 5.74) is 1.24. The summed E-state index contributed by atoms with van der Waals surface area (Å²) in [6, 6.07) is 10.1. The topological polar surface area (TPSA) is 36.9 Å². The van der Waals surface area contributed by atoms with Gasteiger partial charge in [0.1, 0.15) is 5.58 Å². The molecule has 0 amide bonds. The lowest BCUT2D eigenvalue weighted by Crippen LogP contribution is -1.71. The lowest BCUT2D eigenvalue weighted by Gasteiger charge is -1.86. The van der Waals surface area contributed by atoms with Crippen molar-refractivity contribution in [3.05, 3.63) is 36.1 Å². The fourth-order valence-corrected chi connectivity index (χ4v) is 0.960. The van der Waals surface area contributed by atoms with E-state index in [9.17, 15) is 0 Å². The molecule has 2 nitrogen and oxygen atoms in total. The maximum absolute atomic E-state index is 8.51. The van der Waals surface area contributed by atoms with Crippen LogP contribution in [-0.2, 0) is 0 Å². The highest BCUT2D eigenvalue weighted by atomic mass is 16.3. The van der Waals surface area contributed by atoms with Gasteiger partial charge in [-0.25, -0.2) is 0 Å². The first-order valence-corrected chi connectivity index (χ1v) is 3.19. The molecule has 1 aromatic heterocycles. The molecular weight excluding hydrogens is 138 g/mol.